The van der Waals surface area contributed by atoms with Crippen LogP contribution in [0.4, 0.5) is 5.69 Å². The lowest BCUT2D eigenvalue weighted by Gasteiger charge is -1.93. The Hall–Kier alpha value is -1.98. The number of rotatable bonds is 2. The van der Waals surface area contributed by atoms with Crippen molar-refractivity contribution >= 4 is 5.69 Å². The Balaban J connectivity index is 2.42. The second kappa shape index (κ2) is 3.06. The van der Waals surface area contributed by atoms with Gasteiger partial charge in [0.25, 0.3) is 5.88 Å². The van der Waals surface area contributed by atoms with Crippen LogP contribution < -0.4 is 10.5 Å². The van der Waals surface area contributed by atoms with Crippen molar-refractivity contribution in [1.29, 1.82) is 0 Å². The molecule has 2 heterocycles. The minimum Gasteiger partial charge on any atom is -0.478 e. The maximum absolute atomic E-state index is 5.66. The Bertz CT molecular complexity index is 444. The average molecular weight is 193 g/mol. The number of ether oxygens (including phenoxy) is 1. The molecule has 6 heteroatoms. The highest BCUT2D eigenvalue weighted by Crippen LogP contribution is 2.19. The van der Waals surface area contributed by atoms with Crippen LogP contribution in [0.3, 0.4) is 0 Å². The van der Waals surface area contributed by atoms with Crippen LogP contribution in [0.2, 0.25) is 0 Å². The number of aromatic nitrogens is 4. The summed E-state index contributed by atoms with van der Waals surface area (Å²) in [6, 6.07) is 0. The molecule has 2 N–H and O–H groups in total. The number of aryl methyl sites for hydroxylation is 1. The van der Waals surface area contributed by atoms with E-state index in [1.807, 2.05) is 13.2 Å². The molecule has 0 saturated carbocycles. The molecule has 0 aliphatic heterocycles. The number of nitrogens with two attached hydrogens (primary N) is 1. The number of hydrogen-bond acceptors (Lipinski definition) is 4. The third kappa shape index (κ3) is 1.30. The summed E-state index contributed by atoms with van der Waals surface area (Å²) in [6.07, 6.45) is 5.23. The summed E-state index contributed by atoms with van der Waals surface area (Å²) in [5.74, 6) is 0.425. The van der Waals surface area contributed by atoms with Crippen LogP contribution in [-0.4, -0.2) is 26.7 Å². The van der Waals surface area contributed by atoms with Gasteiger partial charge < -0.3 is 10.5 Å². The second-order valence-electron chi connectivity index (χ2n) is 2.91. The fourth-order valence-electron chi connectivity index (χ4n) is 1.19. The van der Waals surface area contributed by atoms with Crippen molar-refractivity contribution in [2.75, 3.05) is 12.8 Å². The molecular formula is C8H11N5O. The molecule has 2 aromatic heterocycles. The van der Waals surface area contributed by atoms with Crippen molar-refractivity contribution in [2.24, 2.45) is 7.05 Å². The Morgan fingerprint density at radius 2 is 2.21 bits per heavy atom. The summed E-state index contributed by atoms with van der Waals surface area (Å²) in [6.45, 7) is 0. The first kappa shape index (κ1) is 8.61. The minimum atomic E-state index is 0.425. The van der Waals surface area contributed by atoms with Crippen molar-refractivity contribution in [3.05, 3.63) is 18.6 Å². The maximum atomic E-state index is 5.66. The van der Waals surface area contributed by atoms with Gasteiger partial charge in [0.1, 0.15) is 11.4 Å². The van der Waals surface area contributed by atoms with Crippen LogP contribution in [0, 0.1) is 0 Å². The van der Waals surface area contributed by atoms with Crippen molar-refractivity contribution in [1.82, 2.24) is 19.6 Å². The van der Waals surface area contributed by atoms with Gasteiger partial charge in [-0.05, 0) is 0 Å². The summed E-state index contributed by atoms with van der Waals surface area (Å²) < 4.78 is 8.29. The third-order valence-electron chi connectivity index (χ3n) is 1.86. The molecule has 0 bridgehead atoms. The molecule has 14 heavy (non-hydrogen) atoms. The number of nitrogen functional groups attached to an aromatic ring is 1. The number of methoxy groups -OCH3 is 1. The molecule has 0 spiro atoms. The van der Waals surface area contributed by atoms with Crippen LogP contribution in [0.5, 0.6) is 5.88 Å². The molecule has 74 valence electrons. The van der Waals surface area contributed by atoms with E-state index in [4.69, 9.17) is 10.5 Å². The molecule has 0 amide bonds. The summed E-state index contributed by atoms with van der Waals surface area (Å²) >= 11 is 0. The fraction of sp³-hybridized carbons (Fsp3) is 0.250. The highest BCUT2D eigenvalue weighted by Gasteiger charge is 2.07. The molecule has 0 radical (unpaired) electrons. The average Bonchev–Trinajstić information content (AvgIpc) is 2.71. The quantitative estimate of drug-likeness (QED) is 0.739. The molecule has 2 rings (SSSR count). The predicted molar refractivity (Wildman–Crippen MR) is 51.3 cm³/mol. The van der Waals surface area contributed by atoms with Gasteiger partial charge in [0.05, 0.1) is 25.7 Å². The summed E-state index contributed by atoms with van der Waals surface area (Å²) in [5, 5.41) is 8.16. The number of hydrogen-bond donors (Lipinski definition) is 1. The molecule has 0 atom stereocenters. The van der Waals surface area contributed by atoms with Crippen LogP contribution in [-0.2, 0) is 7.05 Å². The van der Waals surface area contributed by atoms with Crippen molar-refractivity contribution in [2.45, 2.75) is 0 Å². The summed E-state index contributed by atoms with van der Waals surface area (Å²) in [5.41, 5.74) is 7.02. The molecule has 0 aromatic carbocycles. The lowest BCUT2D eigenvalue weighted by molar-refractivity contribution is 0.396. The first-order valence-corrected chi connectivity index (χ1v) is 4.09. The van der Waals surface area contributed by atoms with Gasteiger partial charge in [-0.15, -0.1) is 5.10 Å². The molecule has 6 nitrogen and oxygen atoms in total. The van der Waals surface area contributed by atoms with E-state index in [0.717, 1.165) is 5.69 Å². The normalized spacial score (nSPS) is 10.4. The Morgan fingerprint density at radius 3 is 2.71 bits per heavy atom. The lowest BCUT2D eigenvalue weighted by Crippen LogP contribution is -1.93. The Morgan fingerprint density at radius 1 is 1.43 bits per heavy atom. The number of nitrogens with zero attached hydrogens (tertiary/aromatic N) is 4. The van der Waals surface area contributed by atoms with Crippen LogP contribution in [0.25, 0.3) is 5.69 Å². The van der Waals surface area contributed by atoms with Gasteiger partial charge in [0, 0.05) is 7.05 Å². The van der Waals surface area contributed by atoms with Crippen LogP contribution in [0.15, 0.2) is 18.6 Å². The highest BCUT2D eigenvalue weighted by atomic mass is 16.5. The van der Waals surface area contributed by atoms with E-state index in [2.05, 4.69) is 10.2 Å². The Kier molecular flexibility index (Phi) is 1.88. The first-order valence-electron chi connectivity index (χ1n) is 4.09. The zero-order valence-corrected chi connectivity index (χ0v) is 8.01. The molecule has 0 saturated heterocycles. The highest BCUT2D eigenvalue weighted by molar-refractivity contribution is 5.48. The minimum absolute atomic E-state index is 0.425. The topological polar surface area (TPSA) is 70.9 Å². The molecule has 2 aromatic rings. The van der Waals surface area contributed by atoms with E-state index in [9.17, 15) is 0 Å². The lowest BCUT2D eigenvalue weighted by atomic mass is 10.5. The maximum Gasteiger partial charge on any atom is 0.256 e. The van der Waals surface area contributed by atoms with Crippen molar-refractivity contribution in [3.8, 4) is 11.6 Å². The smallest absolute Gasteiger partial charge is 0.256 e. The van der Waals surface area contributed by atoms with Crippen molar-refractivity contribution < 1.29 is 4.74 Å². The molecular weight excluding hydrogens is 182 g/mol. The standard InChI is InChI=1S/C8H11N5O/c1-12-4-6(3-10-12)13-5-7(9)8(11-13)14-2/h3-5H,9H2,1-2H3. The van der Waals surface area contributed by atoms with Crippen molar-refractivity contribution in [3.63, 3.8) is 0 Å². The van der Waals surface area contributed by atoms with E-state index in [1.54, 1.807) is 21.8 Å². The van der Waals surface area contributed by atoms with Gasteiger partial charge in [0.2, 0.25) is 0 Å². The van der Waals surface area contributed by atoms with Gasteiger partial charge in [0.15, 0.2) is 0 Å². The van der Waals surface area contributed by atoms with E-state index in [1.165, 1.54) is 7.11 Å². The van der Waals surface area contributed by atoms with E-state index < -0.39 is 0 Å². The van der Waals surface area contributed by atoms with Gasteiger partial charge in [-0.25, -0.2) is 4.68 Å². The van der Waals surface area contributed by atoms with Crippen LogP contribution in [0.1, 0.15) is 0 Å². The summed E-state index contributed by atoms with van der Waals surface area (Å²) in [4.78, 5) is 0. The van der Waals surface area contributed by atoms with Crippen LogP contribution >= 0.6 is 0 Å². The van der Waals surface area contributed by atoms with Gasteiger partial charge >= 0.3 is 0 Å². The SMILES string of the molecule is COc1nn(-c2cnn(C)c2)cc1N. The predicted octanol–water partition coefficient (Wildman–Crippen LogP) is 0.197. The zero-order valence-electron chi connectivity index (χ0n) is 8.01. The Labute approximate surface area is 80.9 Å². The second-order valence-corrected chi connectivity index (χ2v) is 2.91. The molecule has 0 aliphatic rings. The fourth-order valence-corrected chi connectivity index (χ4v) is 1.19. The zero-order chi connectivity index (χ0) is 10.1. The van der Waals surface area contributed by atoms with E-state index >= 15 is 0 Å². The third-order valence-corrected chi connectivity index (χ3v) is 1.86. The largest absolute Gasteiger partial charge is 0.478 e. The van der Waals surface area contributed by atoms with E-state index in [0.29, 0.717) is 11.6 Å². The summed E-state index contributed by atoms with van der Waals surface area (Å²) in [7, 11) is 3.37. The van der Waals surface area contributed by atoms with Gasteiger partial charge in [-0.1, -0.05) is 0 Å². The first-order chi connectivity index (χ1) is 6.70. The van der Waals surface area contributed by atoms with E-state index in [-0.39, 0.29) is 0 Å². The van der Waals surface area contributed by atoms with Gasteiger partial charge in [-0.3, -0.25) is 4.68 Å². The molecule has 0 fully saturated rings. The number of anilines is 1. The van der Waals surface area contributed by atoms with Gasteiger partial charge in [-0.2, -0.15) is 5.10 Å². The molecule has 0 aliphatic carbocycles. The molecule has 0 unspecified atom stereocenters. The monoisotopic (exact) mass is 193 g/mol.